The predicted octanol–water partition coefficient (Wildman–Crippen LogP) is 0.284. The zero-order chi connectivity index (χ0) is 13.0. The predicted molar refractivity (Wildman–Crippen MR) is 63.8 cm³/mol. The quantitative estimate of drug-likeness (QED) is 0.660. The van der Waals surface area contributed by atoms with E-state index in [4.69, 9.17) is 5.11 Å². The number of hydrogen-bond donors (Lipinski definition) is 3. The highest BCUT2D eigenvalue weighted by atomic mass is 32.2. The third-order valence-corrected chi connectivity index (χ3v) is 3.49. The van der Waals surface area contributed by atoms with Crippen LogP contribution in [0.1, 0.15) is 13.8 Å². The second kappa shape index (κ2) is 5.90. The largest absolute Gasteiger partial charge is 0.481 e. The molecule has 0 saturated carbocycles. The van der Waals surface area contributed by atoms with Gasteiger partial charge in [0.05, 0.1) is 5.92 Å². The molecule has 0 radical (unpaired) electrons. The molecule has 2 amide bonds. The van der Waals surface area contributed by atoms with Gasteiger partial charge in [-0.25, -0.2) is 0 Å². The molecule has 2 unspecified atom stereocenters. The summed E-state index contributed by atoms with van der Waals surface area (Å²) in [6.45, 7) is 3.67. The van der Waals surface area contributed by atoms with Crippen LogP contribution in [0.15, 0.2) is 0 Å². The van der Waals surface area contributed by atoms with E-state index >= 15 is 0 Å². The smallest absolute Gasteiger partial charge is 0.308 e. The summed E-state index contributed by atoms with van der Waals surface area (Å²) in [6, 6.07) is -0.547. The molecule has 2 atom stereocenters. The Morgan fingerprint density at radius 3 is 2.65 bits per heavy atom. The molecule has 96 valence electrons. The topological polar surface area (TPSA) is 95.5 Å². The first kappa shape index (κ1) is 13.8. The summed E-state index contributed by atoms with van der Waals surface area (Å²) < 4.78 is 0. The lowest BCUT2D eigenvalue weighted by atomic mass is 9.96. The molecule has 1 saturated heterocycles. The van der Waals surface area contributed by atoms with Crippen molar-refractivity contribution in [1.82, 2.24) is 10.6 Å². The number of carboxylic acids is 1. The number of carbonyl (C=O) groups is 3. The van der Waals surface area contributed by atoms with Gasteiger partial charge in [0.2, 0.25) is 5.91 Å². The Hall–Kier alpha value is -1.24. The molecule has 3 N–H and O–H groups in total. The highest BCUT2D eigenvalue weighted by Gasteiger charge is 2.29. The molecule has 0 bridgehead atoms. The summed E-state index contributed by atoms with van der Waals surface area (Å²) in [7, 11) is 0. The van der Waals surface area contributed by atoms with E-state index in [1.807, 2.05) is 0 Å². The highest BCUT2D eigenvalue weighted by Crippen LogP contribution is 2.14. The van der Waals surface area contributed by atoms with Crippen molar-refractivity contribution in [3.05, 3.63) is 0 Å². The second-order valence-corrected chi connectivity index (χ2v) is 5.22. The van der Waals surface area contributed by atoms with E-state index in [0.717, 1.165) is 11.8 Å². The van der Waals surface area contributed by atoms with Crippen LogP contribution in [-0.4, -0.2) is 40.6 Å². The van der Waals surface area contributed by atoms with Crippen LogP contribution in [0.5, 0.6) is 0 Å². The average Bonchev–Trinajstić information content (AvgIpc) is 2.63. The van der Waals surface area contributed by atoms with Crippen molar-refractivity contribution in [1.29, 1.82) is 0 Å². The molecule has 1 fully saturated rings. The maximum absolute atomic E-state index is 11.6. The van der Waals surface area contributed by atoms with Gasteiger partial charge in [-0.15, -0.1) is 0 Å². The van der Waals surface area contributed by atoms with E-state index in [1.165, 1.54) is 0 Å². The van der Waals surface area contributed by atoms with E-state index in [9.17, 15) is 14.4 Å². The van der Waals surface area contributed by atoms with Crippen LogP contribution < -0.4 is 10.6 Å². The van der Waals surface area contributed by atoms with Gasteiger partial charge in [0, 0.05) is 12.3 Å². The number of carbonyl (C=O) groups excluding carboxylic acids is 2. The third-order valence-electron chi connectivity index (χ3n) is 2.61. The van der Waals surface area contributed by atoms with E-state index in [2.05, 4.69) is 10.6 Å². The maximum atomic E-state index is 11.6. The molecule has 1 heterocycles. The van der Waals surface area contributed by atoms with Crippen molar-refractivity contribution < 1.29 is 19.5 Å². The first-order valence-electron chi connectivity index (χ1n) is 5.35. The maximum Gasteiger partial charge on any atom is 0.308 e. The molecule has 0 aromatic heterocycles. The van der Waals surface area contributed by atoms with Gasteiger partial charge in [-0.1, -0.05) is 25.6 Å². The molecule has 0 aromatic rings. The van der Waals surface area contributed by atoms with Gasteiger partial charge in [0.15, 0.2) is 0 Å². The van der Waals surface area contributed by atoms with Gasteiger partial charge in [-0.2, -0.15) is 0 Å². The van der Waals surface area contributed by atoms with Gasteiger partial charge in [-0.3, -0.25) is 14.4 Å². The summed E-state index contributed by atoms with van der Waals surface area (Å²) in [6.07, 6.45) is 0. The van der Waals surface area contributed by atoms with Crippen molar-refractivity contribution in [2.24, 2.45) is 11.8 Å². The first-order chi connectivity index (χ1) is 7.91. The third kappa shape index (κ3) is 3.92. The summed E-state index contributed by atoms with van der Waals surface area (Å²) in [4.78, 5) is 33.4. The molecular formula is C10H16N2O4S. The Morgan fingerprint density at radius 2 is 2.24 bits per heavy atom. The Morgan fingerprint density at radius 1 is 1.59 bits per heavy atom. The standard InChI is InChI=1S/C10H16N2O4S/c1-5(2)6(9(14)15)3-11-8(13)7-4-17-10(16)12-7/h5-7H,3-4H2,1-2H3,(H,11,13)(H,12,16)(H,14,15). The minimum Gasteiger partial charge on any atom is -0.481 e. The minimum absolute atomic E-state index is 0.0552. The van der Waals surface area contributed by atoms with Crippen molar-refractivity contribution in [2.75, 3.05) is 12.3 Å². The van der Waals surface area contributed by atoms with Gasteiger partial charge in [-0.05, 0) is 5.92 Å². The van der Waals surface area contributed by atoms with Gasteiger partial charge in [0.25, 0.3) is 5.24 Å². The Bertz CT molecular complexity index is 332. The lowest BCUT2D eigenvalue weighted by Crippen LogP contribution is -2.45. The van der Waals surface area contributed by atoms with Crippen LogP contribution in [-0.2, 0) is 9.59 Å². The van der Waals surface area contributed by atoms with E-state index in [1.54, 1.807) is 13.8 Å². The monoisotopic (exact) mass is 260 g/mol. The molecule has 0 aliphatic carbocycles. The van der Waals surface area contributed by atoms with E-state index < -0.39 is 17.9 Å². The summed E-state index contributed by atoms with van der Waals surface area (Å²) in [5.41, 5.74) is 0. The SMILES string of the molecule is CC(C)C(CNC(=O)C1CSC(=O)N1)C(=O)O. The summed E-state index contributed by atoms with van der Waals surface area (Å²) >= 11 is 1.05. The van der Waals surface area contributed by atoms with E-state index in [0.29, 0.717) is 5.75 Å². The van der Waals surface area contributed by atoms with Crippen LogP contribution in [0, 0.1) is 11.8 Å². The minimum atomic E-state index is -0.926. The van der Waals surface area contributed by atoms with Crippen LogP contribution in [0.4, 0.5) is 4.79 Å². The summed E-state index contributed by atoms with van der Waals surface area (Å²) in [5, 5.41) is 13.8. The Balaban J connectivity index is 2.41. The van der Waals surface area contributed by atoms with Crippen LogP contribution >= 0.6 is 11.8 Å². The number of amides is 2. The number of thioether (sulfide) groups is 1. The zero-order valence-corrected chi connectivity index (χ0v) is 10.5. The Labute approximate surface area is 104 Å². The molecule has 1 rings (SSSR count). The average molecular weight is 260 g/mol. The number of hydrogen-bond acceptors (Lipinski definition) is 4. The molecule has 0 aromatic carbocycles. The molecule has 6 nitrogen and oxygen atoms in total. The van der Waals surface area contributed by atoms with Gasteiger partial charge in [0.1, 0.15) is 6.04 Å². The normalized spacial score (nSPS) is 21.1. The van der Waals surface area contributed by atoms with Gasteiger partial charge >= 0.3 is 5.97 Å². The number of nitrogens with one attached hydrogen (secondary N) is 2. The lowest BCUT2D eigenvalue weighted by Gasteiger charge is -2.18. The molecule has 17 heavy (non-hydrogen) atoms. The van der Waals surface area contributed by atoms with Crippen molar-refractivity contribution in [3.8, 4) is 0 Å². The van der Waals surface area contributed by atoms with Crippen molar-refractivity contribution in [2.45, 2.75) is 19.9 Å². The van der Waals surface area contributed by atoms with Crippen molar-refractivity contribution in [3.63, 3.8) is 0 Å². The fourth-order valence-corrected chi connectivity index (χ4v) is 2.25. The Kier molecular flexibility index (Phi) is 4.80. The molecule has 7 heteroatoms. The second-order valence-electron chi connectivity index (χ2n) is 4.23. The van der Waals surface area contributed by atoms with E-state index in [-0.39, 0.29) is 23.6 Å². The van der Waals surface area contributed by atoms with Crippen LogP contribution in [0.2, 0.25) is 0 Å². The summed E-state index contributed by atoms with van der Waals surface area (Å²) in [5.74, 6) is -1.52. The molecule has 1 aliphatic heterocycles. The number of aliphatic carboxylic acids is 1. The fourth-order valence-electron chi connectivity index (χ4n) is 1.47. The zero-order valence-electron chi connectivity index (χ0n) is 9.73. The fraction of sp³-hybridized carbons (Fsp3) is 0.700. The van der Waals surface area contributed by atoms with Crippen LogP contribution in [0.25, 0.3) is 0 Å². The van der Waals surface area contributed by atoms with Crippen LogP contribution in [0.3, 0.4) is 0 Å². The van der Waals surface area contributed by atoms with Crippen molar-refractivity contribution >= 4 is 28.9 Å². The molecule has 0 spiro atoms. The molecular weight excluding hydrogens is 244 g/mol. The lowest BCUT2D eigenvalue weighted by molar-refractivity contribution is -0.143. The molecule has 1 aliphatic rings. The number of rotatable bonds is 5. The number of carboxylic acid groups (broad SMARTS) is 1. The van der Waals surface area contributed by atoms with Gasteiger partial charge < -0.3 is 15.7 Å². The highest BCUT2D eigenvalue weighted by molar-refractivity contribution is 8.14. The first-order valence-corrected chi connectivity index (χ1v) is 6.34.